The van der Waals surface area contributed by atoms with Crippen LogP contribution in [0.1, 0.15) is 322 Å². The molecule has 0 rings (SSSR count). The van der Waals surface area contributed by atoms with E-state index in [0.717, 1.165) is 12.8 Å². The number of carbonyl (C=O) groups excluding carboxylic acids is 1. The molecule has 0 bridgehead atoms. The lowest BCUT2D eigenvalue weighted by Crippen LogP contribution is -2.05. The van der Waals surface area contributed by atoms with Crippen molar-refractivity contribution in [2.75, 3.05) is 6.61 Å². The van der Waals surface area contributed by atoms with Gasteiger partial charge < -0.3 is 4.74 Å². The number of hydrogen-bond donors (Lipinski definition) is 0. The Bertz CT molecular complexity index is 659. The van der Waals surface area contributed by atoms with E-state index in [-0.39, 0.29) is 5.97 Å². The highest BCUT2D eigenvalue weighted by molar-refractivity contribution is 5.69. The first-order valence-electron chi connectivity index (χ1n) is 26.0. The fourth-order valence-corrected chi connectivity index (χ4v) is 8.38. The minimum Gasteiger partial charge on any atom is -0.466 e. The summed E-state index contributed by atoms with van der Waals surface area (Å²) in [6.07, 6.45) is 66.8. The summed E-state index contributed by atoms with van der Waals surface area (Å²) in [5, 5.41) is 0. The van der Waals surface area contributed by atoms with Gasteiger partial charge in [-0.25, -0.2) is 0 Å². The average Bonchev–Trinajstić information content (AvgIpc) is 3.18. The molecule has 0 heterocycles. The van der Waals surface area contributed by atoms with Crippen LogP contribution in [0.4, 0.5) is 0 Å². The van der Waals surface area contributed by atoms with Crippen molar-refractivity contribution in [3.05, 3.63) is 0 Å². The normalized spacial score (nSPS) is 11.5. The molecule has 0 atom stereocenters. The molecular weight excluding hydrogens is 657 g/mol. The van der Waals surface area contributed by atoms with Crippen molar-refractivity contribution >= 4 is 5.97 Å². The Labute approximate surface area is 343 Å². The molecule has 0 aliphatic carbocycles. The number of esters is 1. The highest BCUT2D eigenvalue weighted by atomic mass is 16.5. The maximum absolute atomic E-state index is 12.1. The van der Waals surface area contributed by atoms with E-state index in [9.17, 15) is 4.79 Å². The van der Waals surface area contributed by atoms with E-state index in [2.05, 4.69) is 13.8 Å². The second kappa shape index (κ2) is 50.5. The van der Waals surface area contributed by atoms with E-state index in [4.69, 9.17) is 4.74 Å². The molecule has 0 fully saturated rings. The van der Waals surface area contributed by atoms with Crippen LogP contribution in [-0.4, -0.2) is 12.6 Å². The number of rotatable bonds is 49. The van der Waals surface area contributed by atoms with E-state index < -0.39 is 0 Å². The van der Waals surface area contributed by atoms with E-state index in [1.54, 1.807) is 0 Å². The van der Waals surface area contributed by atoms with E-state index in [1.807, 2.05) is 0 Å². The summed E-state index contributed by atoms with van der Waals surface area (Å²) < 4.78 is 5.50. The molecule has 0 aliphatic heterocycles. The summed E-state index contributed by atoms with van der Waals surface area (Å²) in [5.41, 5.74) is 0. The third-order valence-corrected chi connectivity index (χ3v) is 12.2. The summed E-state index contributed by atoms with van der Waals surface area (Å²) in [7, 11) is 0. The minimum absolute atomic E-state index is 0.0348. The number of carbonyl (C=O) groups is 1. The molecule has 0 aromatic carbocycles. The van der Waals surface area contributed by atoms with Gasteiger partial charge in [-0.3, -0.25) is 4.79 Å². The van der Waals surface area contributed by atoms with Crippen LogP contribution in [0, 0.1) is 0 Å². The van der Waals surface area contributed by atoms with Crippen LogP contribution in [0.15, 0.2) is 0 Å². The van der Waals surface area contributed by atoms with E-state index in [1.165, 1.54) is 289 Å². The minimum atomic E-state index is 0.0348. The van der Waals surface area contributed by atoms with Gasteiger partial charge in [-0.2, -0.15) is 0 Å². The van der Waals surface area contributed by atoms with Crippen molar-refractivity contribution in [3.8, 4) is 0 Å². The molecular formula is C52H104O2. The van der Waals surface area contributed by atoms with Crippen molar-refractivity contribution in [3.63, 3.8) is 0 Å². The number of unbranched alkanes of at least 4 members (excludes halogenated alkanes) is 45. The van der Waals surface area contributed by atoms with Crippen LogP contribution in [0.25, 0.3) is 0 Å². The van der Waals surface area contributed by atoms with Crippen LogP contribution in [0.3, 0.4) is 0 Å². The van der Waals surface area contributed by atoms with Gasteiger partial charge in [0.1, 0.15) is 0 Å². The highest BCUT2D eigenvalue weighted by Crippen LogP contribution is 2.18. The fourth-order valence-electron chi connectivity index (χ4n) is 8.38. The third-order valence-electron chi connectivity index (χ3n) is 12.2. The molecule has 0 radical (unpaired) electrons. The van der Waals surface area contributed by atoms with Crippen molar-refractivity contribution < 1.29 is 9.53 Å². The molecule has 2 nitrogen and oxygen atoms in total. The summed E-state index contributed by atoms with van der Waals surface area (Å²) in [4.78, 5) is 12.1. The molecule has 0 aliphatic rings. The van der Waals surface area contributed by atoms with E-state index >= 15 is 0 Å². The zero-order valence-electron chi connectivity index (χ0n) is 38.0. The maximum atomic E-state index is 12.1. The first-order chi connectivity index (χ1) is 26.8. The van der Waals surface area contributed by atoms with Gasteiger partial charge in [-0.15, -0.1) is 0 Å². The van der Waals surface area contributed by atoms with Gasteiger partial charge >= 0.3 is 5.97 Å². The first kappa shape index (κ1) is 53.5. The first-order valence-corrected chi connectivity index (χ1v) is 26.0. The fraction of sp³-hybridized carbons (Fsp3) is 0.981. The van der Waals surface area contributed by atoms with Crippen LogP contribution in [0.5, 0.6) is 0 Å². The van der Waals surface area contributed by atoms with Gasteiger partial charge in [-0.1, -0.05) is 303 Å². The SMILES string of the molecule is CCCCCCCCCCCCCCCCCCCCCCCCCCOC(=O)CCCCCCCCCCCCCCCCCCCCCCCCC. The number of hydrogen-bond acceptors (Lipinski definition) is 2. The third kappa shape index (κ3) is 49.5. The van der Waals surface area contributed by atoms with E-state index in [0.29, 0.717) is 13.0 Å². The molecule has 0 amide bonds. The average molecular weight is 761 g/mol. The largest absolute Gasteiger partial charge is 0.466 e. The summed E-state index contributed by atoms with van der Waals surface area (Å²) >= 11 is 0. The molecule has 0 N–H and O–H groups in total. The Morgan fingerprint density at radius 2 is 0.407 bits per heavy atom. The smallest absolute Gasteiger partial charge is 0.305 e. The molecule has 2 heteroatoms. The molecule has 0 aromatic rings. The zero-order chi connectivity index (χ0) is 38.9. The molecule has 0 saturated carbocycles. The predicted molar refractivity (Wildman–Crippen MR) is 244 cm³/mol. The summed E-state index contributed by atoms with van der Waals surface area (Å²) in [5.74, 6) is 0.0348. The Balaban J connectivity index is 3.14. The Morgan fingerprint density at radius 3 is 0.611 bits per heavy atom. The molecule has 54 heavy (non-hydrogen) atoms. The summed E-state index contributed by atoms with van der Waals surface area (Å²) in [6.45, 7) is 5.24. The summed E-state index contributed by atoms with van der Waals surface area (Å²) in [6, 6.07) is 0. The van der Waals surface area contributed by atoms with Gasteiger partial charge in [0.15, 0.2) is 0 Å². The highest BCUT2D eigenvalue weighted by Gasteiger charge is 2.03. The number of ether oxygens (including phenoxy) is 1. The molecule has 324 valence electrons. The van der Waals surface area contributed by atoms with Gasteiger partial charge in [0.25, 0.3) is 0 Å². The van der Waals surface area contributed by atoms with Crippen molar-refractivity contribution in [1.29, 1.82) is 0 Å². The van der Waals surface area contributed by atoms with Crippen molar-refractivity contribution in [1.82, 2.24) is 0 Å². The Morgan fingerprint density at radius 1 is 0.241 bits per heavy atom. The molecule has 0 unspecified atom stereocenters. The predicted octanol–water partition coefficient (Wildman–Crippen LogP) is 19.3. The van der Waals surface area contributed by atoms with Gasteiger partial charge in [0.05, 0.1) is 6.61 Å². The molecule has 0 aromatic heterocycles. The molecule has 0 spiro atoms. The quantitative estimate of drug-likeness (QED) is 0.0456. The monoisotopic (exact) mass is 761 g/mol. The Kier molecular flexibility index (Phi) is 50.0. The van der Waals surface area contributed by atoms with Gasteiger partial charge in [-0.05, 0) is 12.8 Å². The van der Waals surface area contributed by atoms with Crippen LogP contribution in [0.2, 0.25) is 0 Å². The second-order valence-corrected chi connectivity index (χ2v) is 17.9. The van der Waals surface area contributed by atoms with Gasteiger partial charge in [0, 0.05) is 6.42 Å². The second-order valence-electron chi connectivity index (χ2n) is 17.9. The lowest BCUT2D eigenvalue weighted by Gasteiger charge is -2.06. The van der Waals surface area contributed by atoms with Crippen LogP contribution in [-0.2, 0) is 9.53 Å². The van der Waals surface area contributed by atoms with Gasteiger partial charge in [0.2, 0.25) is 0 Å². The van der Waals surface area contributed by atoms with Crippen molar-refractivity contribution in [2.24, 2.45) is 0 Å². The van der Waals surface area contributed by atoms with Crippen LogP contribution < -0.4 is 0 Å². The molecule has 0 saturated heterocycles. The maximum Gasteiger partial charge on any atom is 0.305 e. The lowest BCUT2D eigenvalue weighted by molar-refractivity contribution is -0.143. The lowest BCUT2D eigenvalue weighted by atomic mass is 10.0. The van der Waals surface area contributed by atoms with Crippen LogP contribution >= 0.6 is 0 Å². The topological polar surface area (TPSA) is 26.3 Å². The standard InChI is InChI=1S/C52H104O2/c1-3-5-7-9-11-13-15-17-19-21-23-25-27-29-31-33-35-37-39-41-43-45-47-49-51-54-52(53)50-48-46-44-42-40-38-36-34-32-30-28-26-24-22-20-18-16-14-12-10-8-6-4-2/h3-51H2,1-2H3. The van der Waals surface area contributed by atoms with Crippen molar-refractivity contribution in [2.45, 2.75) is 322 Å². The zero-order valence-corrected chi connectivity index (χ0v) is 38.0. The Hall–Kier alpha value is -0.530.